The van der Waals surface area contributed by atoms with Crippen molar-refractivity contribution in [3.8, 4) is 0 Å². The zero-order valence-corrected chi connectivity index (χ0v) is 15.9. The van der Waals surface area contributed by atoms with Crippen molar-refractivity contribution in [2.75, 3.05) is 0 Å². The van der Waals surface area contributed by atoms with Gasteiger partial charge in [0.2, 0.25) is 0 Å². The maximum Gasteiger partial charge on any atom is 0.116 e. The van der Waals surface area contributed by atoms with Crippen LogP contribution in [0.1, 0.15) is 0 Å². The molecule has 8 aromatic rings. The Morgan fingerprint density at radius 1 is 0.533 bits per heavy atom. The highest BCUT2D eigenvalue weighted by atomic mass is 15.0. The van der Waals surface area contributed by atoms with Crippen molar-refractivity contribution in [2.45, 2.75) is 0 Å². The number of rotatable bonds is 0. The minimum absolute atomic E-state index is 1.02. The lowest BCUT2D eigenvalue weighted by Gasteiger charge is -2.12. The van der Waals surface area contributed by atoms with Crippen molar-refractivity contribution < 1.29 is 0 Å². The summed E-state index contributed by atoms with van der Waals surface area (Å²) in [5, 5.41) is 6.01. The van der Waals surface area contributed by atoms with Crippen LogP contribution in [0.3, 0.4) is 0 Å². The fraction of sp³-hybridized carbons (Fsp3) is 0. The molecule has 0 fully saturated rings. The molecule has 0 aliphatic rings. The van der Waals surface area contributed by atoms with E-state index >= 15 is 0 Å². The highest BCUT2D eigenvalue weighted by Gasteiger charge is 2.24. The molecule has 4 aromatic heterocycles. The van der Waals surface area contributed by atoms with E-state index < -0.39 is 0 Å². The van der Waals surface area contributed by atoms with Crippen molar-refractivity contribution >= 4 is 65.5 Å². The lowest BCUT2D eigenvalue weighted by Crippen LogP contribution is -1.97. The summed E-state index contributed by atoms with van der Waals surface area (Å²) < 4.78 is 4.84. The van der Waals surface area contributed by atoms with Gasteiger partial charge >= 0.3 is 0 Å². The van der Waals surface area contributed by atoms with Crippen LogP contribution in [0.5, 0.6) is 0 Å². The molecule has 0 bridgehead atoms. The van der Waals surface area contributed by atoms with Gasteiger partial charge in [-0.05, 0) is 24.3 Å². The first-order valence-electron chi connectivity index (χ1n) is 10.1. The summed E-state index contributed by atoms with van der Waals surface area (Å²) in [6.07, 6.45) is 3.64. The van der Waals surface area contributed by atoms with Crippen LogP contribution in [0.2, 0.25) is 0 Å². The Bertz CT molecular complexity index is 1670. The second kappa shape index (κ2) is 4.86. The quantitative estimate of drug-likeness (QED) is 0.293. The molecule has 0 aliphatic heterocycles. The maximum absolute atomic E-state index is 4.79. The van der Waals surface area contributed by atoms with Gasteiger partial charge in [-0.15, -0.1) is 0 Å². The van der Waals surface area contributed by atoms with Gasteiger partial charge in [-0.1, -0.05) is 48.5 Å². The summed E-state index contributed by atoms with van der Waals surface area (Å²) >= 11 is 0. The van der Waals surface area contributed by atoms with Crippen molar-refractivity contribution in [1.29, 1.82) is 0 Å². The van der Waals surface area contributed by atoms with Gasteiger partial charge in [0, 0.05) is 33.1 Å². The number of fused-ring (bicyclic) bond motifs is 12. The summed E-state index contributed by atoms with van der Waals surface area (Å²) in [6.45, 7) is 0. The Morgan fingerprint density at radius 3 is 1.73 bits per heavy atom. The summed E-state index contributed by atoms with van der Waals surface area (Å²) in [4.78, 5) is 9.19. The normalized spacial score (nSPS) is 12.7. The minimum atomic E-state index is 1.02. The summed E-state index contributed by atoms with van der Waals surface area (Å²) in [5.74, 6) is 0. The molecule has 4 heteroatoms. The van der Waals surface area contributed by atoms with Gasteiger partial charge in [0.25, 0.3) is 0 Å². The molecular formula is C26H14N4. The van der Waals surface area contributed by atoms with Gasteiger partial charge in [0.05, 0.1) is 38.6 Å². The largest absolute Gasteiger partial charge is 0.305 e. The van der Waals surface area contributed by atoms with Crippen LogP contribution >= 0.6 is 0 Å². The lowest BCUT2D eigenvalue weighted by molar-refractivity contribution is 1.23. The molecule has 8 rings (SSSR count). The number of aromatic nitrogens is 4. The van der Waals surface area contributed by atoms with E-state index in [0.717, 1.165) is 10.9 Å². The van der Waals surface area contributed by atoms with Crippen molar-refractivity contribution in [3.63, 3.8) is 0 Å². The molecule has 0 aliphatic carbocycles. The molecule has 0 spiro atoms. The van der Waals surface area contributed by atoms with E-state index in [1.54, 1.807) is 6.33 Å². The Labute approximate surface area is 169 Å². The minimum Gasteiger partial charge on any atom is -0.305 e. The van der Waals surface area contributed by atoms with Crippen LogP contribution in [0.25, 0.3) is 65.5 Å². The Kier molecular flexibility index (Phi) is 2.39. The van der Waals surface area contributed by atoms with E-state index in [9.17, 15) is 0 Å². The molecule has 0 radical (unpaired) electrons. The van der Waals surface area contributed by atoms with Gasteiger partial charge < -0.3 is 8.80 Å². The second-order valence-electron chi connectivity index (χ2n) is 7.93. The Morgan fingerprint density at radius 2 is 1.07 bits per heavy atom. The van der Waals surface area contributed by atoms with Crippen LogP contribution in [0.15, 0.2) is 85.3 Å². The van der Waals surface area contributed by atoms with Gasteiger partial charge in [-0.25, -0.2) is 9.97 Å². The average molecular weight is 382 g/mol. The van der Waals surface area contributed by atoms with E-state index in [-0.39, 0.29) is 0 Å². The number of hydrogen-bond donors (Lipinski definition) is 0. The second-order valence-corrected chi connectivity index (χ2v) is 7.93. The van der Waals surface area contributed by atoms with Crippen LogP contribution in [-0.2, 0) is 0 Å². The number of para-hydroxylation sites is 4. The highest BCUT2D eigenvalue weighted by molar-refractivity contribution is 6.36. The highest BCUT2D eigenvalue weighted by Crippen LogP contribution is 2.45. The molecule has 30 heavy (non-hydrogen) atoms. The molecule has 0 N–H and O–H groups in total. The predicted octanol–water partition coefficient (Wildman–Crippen LogP) is 6.19. The number of hydrogen-bond acceptors (Lipinski definition) is 2. The zero-order valence-electron chi connectivity index (χ0n) is 15.9. The third-order valence-corrected chi connectivity index (χ3v) is 6.56. The predicted molar refractivity (Wildman–Crippen MR) is 123 cm³/mol. The monoisotopic (exact) mass is 382 g/mol. The third-order valence-electron chi connectivity index (χ3n) is 6.56. The Balaban J connectivity index is 1.96. The van der Waals surface area contributed by atoms with Gasteiger partial charge in [0.1, 0.15) is 6.33 Å². The number of nitrogens with zero attached hydrogens (tertiary/aromatic N) is 4. The van der Waals surface area contributed by atoms with Crippen molar-refractivity contribution in [2.24, 2.45) is 0 Å². The average Bonchev–Trinajstić information content (AvgIpc) is 3.34. The zero-order chi connectivity index (χ0) is 19.4. The first kappa shape index (κ1) is 14.8. The van der Waals surface area contributed by atoms with E-state index in [1.165, 1.54) is 54.6 Å². The molecular weight excluding hydrogens is 368 g/mol. The summed E-state index contributed by atoms with van der Waals surface area (Å²) in [7, 11) is 0. The first-order valence-corrected chi connectivity index (χ1v) is 10.1. The smallest absolute Gasteiger partial charge is 0.116 e. The van der Waals surface area contributed by atoms with E-state index in [4.69, 9.17) is 4.98 Å². The summed E-state index contributed by atoms with van der Waals surface area (Å²) in [6, 6.07) is 26.0. The third kappa shape index (κ3) is 1.47. The van der Waals surface area contributed by atoms with Gasteiger partial charge in [-0.3, -0.25) is 0 Å². The van der Waals surface area contributed by atoms with Crippen LogP contribution in [0, 0.1) is 0 Å². The van der Waals surface area contributed by atoms with Crippen molar-refractivity contribution in [1.82, 2.24) is 18.8 Å². The number of benzene rings is 4. The van der Waals surface area contributed by atoms with Crippen molar-refractivity contribution in [3.05, 3.63) is 85.3 Å². The molecule has 0 atom stereocenters. The van der Waals surface area contributed by atoms with Gasteiger partial charge in [-0.2, -0.15) is 0 Å². The molecule has 4 nitrogen and oxygen atoms in total. The topological polar surface area (TPSA) is 34.6 Å². The van der Waals surface area contributed by atoms with E-state index in [2.05, 4.69) is 86.6 Å². The standard InChI is InChI=1S/C26H14N4/c1-3-9-18-15(7-1)22-17-13-27-14-28-24(17)23-16-8-2-4-10-19(16)30-21-12-6-5-11-20(21)29(18)25(22)26(23)30/h1-14H. The molecule has 0 amide bonds. The first-order chi connectivity index (χ1) is 14.9. The molecule has 0 unspecified atom stereocenters. The molecule has 4 aromatic carbocycles. The molecule has 0 saturated carbocycles. The van der Waals surface area contributed by atoms with Crippen LogP contribution < -0.4 is 0 Å². The molecule has 4 heterocycles. The van der Waals surface area contributed by atoms with Crippen LogP contribution in [-0.4, -0.2) is 18.8 Å². The summed E-state index contributed by atoms with van der Waals surface area (Å²) in [5.41, 5.74) is 8.32. The fourth-order valence-electron chi connectivity index (χ4n) is 5.50. The molecule has 138 valence electrons. The van der Waals surface area contributed by atoms with Crippen LogP contribution in [0.4, 0.5) is 0 Å². The lowest BCUT2D eigenvalue weighted by atomic mass is 10.0. The van der Waals surface area contributed by atoms with Gasteiger partial charge in [0.15, 0.2) is 0 Å². The molecule has 0 saturated heterocycles. The van der Waals surface area contributed by atoms with E-state index in [1.807, 2.05) is 6.20 Å². The van der Waals surface area contributed by atoms with E-state index in [0.29, 0.717) is 0 Å². The maximum atomic E-state index is 4.79. The SMILES string of the molecule is c1ccc2c(c1)c1c3cncnc3c3c4ccccc4n4c5ccccc5n2c1c34. The fourth-order valence-corrected chi connectivity index (χ4v) is 5.50. The Hall–Kier alpha value is -4.18.